The number of hydrogen-bond acceptors (Lipinski definition) is 2. The summed E-state index contributed by atoms with van der Waals surface area (Å²) in [5.41, 5.74) is 0.583. The van der Waals surface area contributed by atoms with E-state index in [1.807, 2.05) is 0 Å². The van der Waals surface area contributed by atoms with Gasteiger partial charge in [-0.25, -0.2) is 0 Å². The van der Waals surface area contributed by atoms with E-state index in [1.165, 1.54) is 44.4 Å². The van der Waals surface area contributed by atoms with Crippen LogP contribution in [0.5, 0.6) is 0 Å². The van der Waals surface area contributed by atoms with E-state index in [4.69, 9.17) is 0 Å². The molecule has 3 atom stereocenters. The smallest absolute Gasteiger partial charge is 0.0172 e. The summed E-state index contributed by atoms with van der Waals surface area (Å²) < 4.78 is 0. The maximum atomic E-state index is 3.83. The third kappa shape index (κ3) is 3.40. The van der Waals surface area contributed by atoms with Crippen molar-refractivity contribution in [1.82, 2.24) is 5.32 Å². The van der Waals surface area contributed by atoms with Gasteiger partial charge >= 0.3 is 0 Å². The van der Waals surface area contributed by atoms with Gasteiger partial charge in [0.25, 0.3) is 0 Å². The highest BCUT2D eigenvalue weighted by Gasteiger charge is 2.32. The maximum Gasteiger partial charge on any atom is 0.0172 e. The molecule has 1 heterocycles. The number of rotatable bonds is 3. The molecule has 0 aromatic heterocycles. The Balaban J connectivity index is 1.73. The van der Waals surface area contributed by atoms with E-state index in [2.05, 4.69) is 37.8 Å². The van der Waals surface area contributed by atoms with Gasteiger partial charge in [-0.1, -0.05) is 20.8 Å². The first-order valence-electron chi connectivity index (χ1n) is 6.92. The van der Waals surface area contributed by atoms with Crippen LogP contribution in [0, 0.1) is 11.3 Å². The Morgan fingerprint density at radius 2 is 2.12 bits per heavy atom. The summed E-state index contributed by atoms with van der Waals surface area (Å²) >= 11 is 2.17. The van der Waals surface area contributed by atoms with Crippen molar-refractivity contribution in [2.24, 2.45) is 11.3 Å². The molecule has 94 valence electrons. The minimum Gasteiger partial charge on any atom is -0.313 e. The summed E-state index contributed by atoms with van der Waals surface area (Å²) in [5, 5.41) is 4.73. The van der Waals surface area contributed by atoms with E-state index < -0.39 is 0 Å². The van der Waals surface area contributed by atoms with Gasteiger partial charge in [0.2, 0.25) is 0 Å². The lowest BCUT2D eigenvalue weighted by molar-refractivity contribution is 0.149. The summed E-state index contributed by atoms with van der Waals surface area (Å²) in [5.74, 6) is 2.25. The van der Waals surface area contributed by atoms with Crippen LogP contribution in [-0.2, 0) is 0 Å². The van der Waals surface area contributed by atoms with Crippen molar-refractivity contribution in [3.8, 4) is 0 Å². The van der Waals surface area contributed by atoms with Crippen LogP contribution in [0.3, 0.4) is 0 Å². The van der Waals surface area contributed by atoms with Crippen LogP contribution < -0.4 is 5.32 Å². The summed E-state index contributed by atoms with van der Waals surface area (Å²) in [6.45, 7) is 8.53. The van der Waals surface area contributed by atoms with Gasteiger partial charge in [0.1, 0.15) is 0 Å². The molecule has 0 aromatic rings. The first kappa shape index (κ1) is 12.8. The van der Waals surface area contributed by atoms with Gasteiger partial charge in [0.05, 0.1) is 0 Å². The molecule has 0 aromatic carbocycles. The largest absolute Gasteiger partial charge is 0.313 e. The Morgan fingerprint density at radius 3 is 2.75 bits per heavy atom. The van der Waals surface area contributed by atoms with Crippen molar-refractivity contribution in [2.75, 3.05) is 12.3 Å². The third-order valence-electron chi connectivity index (χ3n) is 4.33. The minimum absolute atomic E-state index is 0.583. The van der Waals surface area contributed by atoms with Crippen LogP contribution in [0.2, 0.25) is 0 Å². The molecule has 2 rings (SSSR count). The van der Waals surface area contributed by atoms with Crippen LogP contribution in [0.4, 0.5) is 0 Å². The van der Waals surface area contributed by atoms with Crippen molar-refractivity contribution in [3.63, 3.8) is 0 Å². The summed E-state index contributed by atoms with van der Waals surface area (Å²) in [7, 11) is 0. The normalized spacial score (nSPS) is 38.8. The Morgan fingerprint density at radius 1 is 1.31 bits per heavy atom. The summed E-state index contributed by atoms with van der Waals surface area (Å²) in [6.07, 6.45) is 7.04. The number of thioether (sulfide) groups is 1. The fraction of sp³-hybridized carbons (Fsp3) is 1.00. The first-order chi connectivity index (χ1) is 7.57. The topological polar surface area (TPSA) is 12.0 Å². The van der Waals surface area contributed by atoms with E-state index in [9.17, 15) is 0 Å². The maximum absolute atomic E-state index is 3.83. The second kappa shape index (κ2) is 5.30. The van der Waals surface area contributed by atoms with Gasteiger partial charge in [-0.05, 0) is 49.2 Å². The second-order valence-corrected chi connectivity index (χ2v) is 7.94. The lowest BCUT2D eigenvalue weighted by Gasteiger charge is -2.40. The molecule has 1 nitrogen and oxygen atoms in total. The molecule has 1 saturated carbocycles. The van der Waals surface area contributed by atoms with E-state index in [-0.39, 0.29) is 0 Å². The van der Waals surface area contributed by atoms with E-state index in [0.717, 1.165) is 17.2 Å². The lowest BCUT2D eigenvalue weighted by Crippen LogP contribution is -2.43. The molecule has 1 aliphatic heterocycles. The Kier molecular flexibility index (Phi) is 4.23. The summed E-state index contributed by atoms with van der Waals surface area (Å²) in [4.78, 5) is 0. The molecular weight excluding hydrogens is 214 g/mol. The second-order valence-electron chi connectivity index (χ2n) is 6.53. The van der Waals surface area contributed by atoms with Crippen LogP contribution in [0.1, 0.15) is 52.9 Å². The van der Waals surface area contributed by atoms with Gasteiger partial charge < -0.3 is 5.32 Å². The minimum atomic E-state index is 0.583. The average Bonchev–Trinajstić information content (AvgIpc) is 2.68. The zero-order chi connectivity index (χ0) is 11.6. The molecule has 1 saturated heterocycles. The molecule has 16 heavy (non-hydrogen) atoms. The Bertz CT molecular complexity index is 221. The SMILES string of the molecule is CC1CC(C)(C)CCC1NCC1CCCS1. The molecule has 2 aliphatic rings. The molecule has 0 radical (unpaired) electrons. The third-order valence-corrected chi connectivity index (χ3v) is 5.72. The van der Waals surface area contributed by atoms with E-state index >= 15 is 0 Å². The fourth-order valence-corrected chi connectivity index (χ4v) is 4.55. The van der Waals surface area contributed by atoms with Crippen LogP contribution in [0.15, 0.2) is 0 Å². The highest BCUT2D eigenvalue weighted by molar-refractivity contribution is 8.00. The average molecular weight is 241 g/mol. The molecule has 2 fully saturated rings. The molecule has 0 amide bonds. The zero-order valence-corrected chi connectivity index (χ0v) is 11.9. The quantitative estimate of drug-likeness (QED) is 0.809. The monoisotopic (exact) mass is 241 g/mol. The van der Waals surface area contributed by atoms with E-state index in [0.29, 0.717) is 5.41 Å². The van der Waals surface area contributed by atoms with Gasteiger partial charge in [-0.15, -0.1) is 0 Å². The van der Waals surface area contributed by atoms with Crippen LogP contribution in [-0.4, -0.2) is 23.6 Å². The summed E-state index contributed by atoms with van der Waals surface area (Å²) in [6, 6.07) is 0.786. The van der Waals surface area contributed by atoms with Crippen molar-refractivity contribution in [2.45, 2.75) is 64.2 Å². The highest BCUT2D eigenvalue weighted by atomic mass is 32.2. The van der Waals surface area contributed by atoms with Crippen molar-refractivity contribution >= 4 is 11.8 Å². The van der Waals surface area contributed by atoms with Crippen LogP contribution in [0.25, 0.3) is 0 Å². The molecule has 2 heteroatoms. The predicted octanol–water partition coefficient (Wildman–Crippen LogP) is 3.69. The number of hydrogen-bond donors (Lipinski definition) is 1. The molecule has 1 aliphatic carbocycles. The molecule has 3 unspecified atom stereocenters. The highest BCUT2D eigenvalue weighted by Crippen LogP contribution is 2.38. The van der Waals surface area contributed by atoms with Crippen molar-refractivity contribution < 1.29 is 0 Å². The Labute approximate surface area is 105 Å². The molecule has 1 N–H and O–H groups in total. The van der Waals surface area contributed by atoms with Gasteiger partial charge in [0, 0.05) is 17.8 Å². The molecule has 0 bridgehead atoms. The standard InChI is InChI=1S/C14H27NS/c1-11-9-14(2,3)7-6-13(11)15-10-12-5-4-8-16-12/h11-13,15H,4-10H2,1-3H3. The fourth-order valence-electron chi connectivity index (χ4n) is 3.34. The number of nitrogens with one attached hydrogen (secondary N) is 1. The van der Waals surface area contributed by atoms with Gasteiger partial charge in [0.15, 0.2) is 0 Å². The first-order valence-corrected chi connectivity index (χ1v) is 7.97. The lowest BCUT2D eigenvalue weighted by atomic mass is 9.70. The van der Waals surface area contributed by atoms with Gasteiger partial charge in [-0.3, -0.25) is 0 Å². The van der Waals surface area contributed by atoms with Crippen LogP contribution >= 0.6 is 11.8 Å². The Hall–Kier alpha value is 0.310. The molecule has 0 spiro atoms. The van der Waals surface area contributed by atoms with Gasteiger partial charge in [-0.2, -0.15) is 11.8 Å². The predicted molar refractivity (Wildman–Crippen MR) is 74.1 cm³/mol. The van der Waals surface area contributed by atoms with E-state index in [1.54, 1.807) is 0 Å². The molecular formula is C14H27NS. The van der Waals surface area contributed by atoms with Crippen molar-refractivity contribution in [3.05, 3.63) is 0 Å². The zero-order valence-electron chi connectivity index (χ0n) is 11.1. The van der Waals surface area contributed by atoms with Crippen molar-refractivity contribution in [1.29, 1.82) is 0 Å².